The van der Waals surface area contributed by atoms with Gasteiger partial charge in [0.1, 0.15) is 0 Å². The van der Waals surface area contributed by atoms with Crippen molar-refractivity contribution in [3.05, 3.63) is 68.3 Å². The van der Waals surface area contributed by atoms with Crippen molar-refractivity contribution in [3.8, 4) is 11.1 Å². The van der Waals surface area contributed by atoms with E-state index in [0.717, 1.165) is 6.07 Å². The predicted octanol–water partition coefficient (Wildman–Crippen LogP) is 3.46. The number of nitrogens with zero attached hydrogens (tertiary/aromatic N) is 3. The Labute approximate surface area is 141 Å². The van der Waals surface area contributed by atoms with E-state index < -0.39 is 15.8 Å². The van der Waals surface area contributed by atoms with Crippen LogP contribution in [0, 0.1) is 20.2 Å². The summed E-state index contributed by atoms with van der Waals surface area (Å²) in [5.41, 5.74) is 1.19. The van der Waals surface area contributed by atoms with Crippen molar-refractivity contribution in [2.45, 2.75) is 13.8 Å². The minimum Gasteiger partial charge on any atom is -0.318 e. The molecule has 2 aromatic carbocycles. The third kappa shape index (κ3) is 4.22. The van der Waals surface area contributed by atoms with Gasteiger partial charge in [0.15, 0.2) is 0 Å². The Kier molecular flexibility index (Phi) is 5.18. The normalized spacial score (nSPS) is 11.0. The number of benzene rings is 2. The number of carbonyl (C=O) groups excluding carboxylic acids is 1. The highest BCUT2D eigenvalue weighted by molar-refractivity contribution is 5.99. The molecule has 0 aromatic heterocycles. The summed E-state index contributed by atoms with van der Waals surface area (Å²) in [6, 6.07) is 10.0. The first-order valence-electron chi connectivity index (χ1n) is 7.05. The van der Waals surface area contributed by atoms with Gasteiger partial charge in [-0.2, -0.15) is 0 Å². The molecule has 0 aliphatic heterocycles. The van der Waals surface area contributed by atoms with Crippen LogP contribution in [0.15, 0.2) is 47.6 Å². The molecule has 2 rings (SSSR count). The minimum absolute atomic E-state index is 0.261. The van der Waals surface area contributed by atoms with Crippen molar-refractivity contribution < 1.29 is 19.5 Å². The lowest BCUT2D eigenvalue weighted by atomic mass is 10.0. The fraction of sp³-hybridized carbons (Fsp3) is 0.125. The molecule has 0 unspecified atom stereocenters. The van der Waals surface area contributed by atoms with Crippen LogP contribution in [0.2, 0.25) is 0 Å². The molecule has 0 saturated carbocycles. The molecule has 0 heterocycles. The zero-order valence-corrected chi connectivity index (χ0v) is 13.3. The number of nitro groups is 2. The van der Waals surface area contributed by atoms with Crippen LogP contribution in [0.3, 0.4) is 0 Å². The van der Waals surface area contributed by atoms with Gasteiger partial charge in [-0.1, -0.05) is 29.4 Å². The van der Waals surface area contributed by atoms with Crippen molar-refractivity contribution in [3.63, 3.8) is 0 Å². The fourth-order valence-electron chi connectivity index (χ4n) is 2.11. The van der Waals surface area contributed by atoms with Gasteiger partial charge >= 0.3 is 5.97 Å². The maximum absolute atomic E-state index is 11.2. The topological polar surface area (TPSA) is 125 Å². The molecule has 0 fully saturated rings. The summed E-state index contributed by atoms with van der Waals surface area (Å²) >= 11 is 0. The predicted molar refractivity (Wildman–Crippen MR) is 89.2 cm³/mol. The molecule has 0 amide bonds. The fourth-order valence-corrected chi connectivity index (χ4v) is 2.11. The summed E-state index contributed by atoms with van der Waals surface area (Å²) in [7, 11) is 0. The van der Waals surface area contributed by atoms with Gasteiger partial charge in [-0.3, -0.25) is 20.2 Å². The van der Waals surface area contributed by atoms with Crippen LogP contribution in [0.1, 0.15) is 19.4 Å². The van der Waals surface area contributed by atoms with Crippen LogP contribution in [0.25, 0.3) is 11.1 Å². The third-order valence-electron chi connectivity index (χ3n) is 3.31. The maximum atomic E-state index is 11.2. The number of hydrogen-bond donors (Lipinski definition) is 0. The highest BCUT2D eigenvalue weighted by Crippen LogP contribution is 2.33. The average Bonchev–Trinajstić information content (AvgIpc) is 2.59. The van der Waals surface area contributed by atoms with Crippen LogP contribution in [-0.2, 0) is 9.63 Å². The third-order valence-corrected chi connectivity index (χ3v) is 3.31. The number of carbonyl (C=O) groups is 1. The summed E-state index contributed by atoms with van der Waals surface area (Å²) in [6.07, 6.45) is 0. The van der Waals surface area contributed by atoms with Crippen molar-refractivity contribution in [2.75, 3.05) is 0 Å². The van der Waals surface area contributed by atoms with E-state index in [2.05, 4.69) is 9.99 Å². The number of nitro benzene ring substituents is 2. The summed E-state index contributed by atoms with van der Waals surface area (Å²) in [6.45, 7) is 2.87. The molecule has 0 radical (unpaired) electrons. The molecule has 0 bridgehead atoms. The lowest BCUT2D eigenvalue weighted by Crippen LogP contribution is -1.99. The van der Waals surface area contributed by atoms with E-state index in [1.807, 2.05) is 0 Å². The second-order valence-electron chi connectivity index (χ2n) is 5.05. The lowest BCUT2D eigenvalue weighted by Gasteiger charge is -2.05. The molecule has 0 N–H and O–H groups in total. The molecule has 25 heavy (non-hydrogen) atoms. The van der Waals surface area contributed by atoms with Gasteiger partial charge in [0, 0.05) is 13.0 Å². The number of non-ortho nitro benzene ring substituents is 1. The first-order valence-corrected chi connectivity index (χ1v) is 7.05. The molecular formula is C16H13N3O6. The summed E-state index contributed by atoms with van der Waals surface area (Å²) < 4.78 is 0. The molecule has 2 aromatic rings. The van der Waals surface area contributed by atoms with Crippen molar-refractivity contribution in [2.24, 2.45) is 5.16 Å². The van der Waals surface area contributed by atoms with Gasteiger partial charge < -0.3 is 4.84 Å². The average molecular weight is 343 g/mol. The van der Waals surface area contributed by atoms with E-state index in [1.165, 1.54) is 19.1 Å². The second kappa shape index (κ2) is 7.30. The zero-order chi connectivity index (χ0) is 18.6. The smallest absolute Gasteiger partial charge is 0.318 e. The Hall–Kier alpha value is -3.62. The van der Waals surface area contributed by atoms with Crippen LogP contribution < -0.4 is 0 Å². The van der Waals surface area contributed by atoms with E-state index in [1.54, 1.807) is 31.2 Å². The van der Waals surface area contributed by atoms with Gasteiger partial charge in [0.05, 0.1) is 27.2 Å². The van der Waals surface area contributed by atoms with E-state index in [0.29, 0.717) is 16.8 Å². The molecule has 0 aliphatic carbocycles. The van der Waals surface area contributed by atoms with Gasteiger partial charge in [-0.25, -0.2) is 4.79 Å². The van der Waals surface area contributed by atoms with Gasteiger partial charge in [0.25, 0.3) is 11.4 Å². The molecule has 128 valence electrons. The van der Waals surface area contributed by atoms with Crippen molar-refractivity contribution >= 4 is 23.1 Å². The maximum Gasteiger partial charge on any atom is 0.331 e. The number of rotatable bonds is 5. The van der Waals surface area contributed by atoms with Crippen LogP contribution in [-0.4, -0.2) is 21.5 Å². The summed E-state index contributed by atoms with van der Waals surface area (Å²) in [5.74, 6) is -0.544. The molecule has 0 spiro atoms. The van der Waals surface area contributed by atoms with Crippen LogP contribution >= 0.6 is 0 Å². The highest BCUT2D eigenvalue weighted by Gasteiger charge is 2.20. The quantitative estimate of drug-likeness (QED) is 0.354. The Morgan fingerprint density at radius 2 is 1.64 bits per heavy atom. The van der Waals surface area contributed by atoms with Crippen molar-refractivity contribution in [1.29, 1.82) is 0 Å². The Bertz CT molecular complexity index is 874. The largest absolute Gasteiger partial charge is 0.331 e. The molecule has 0 atom stereocenters. The minimum atomic E-state index is -0.686. The molecule has 9 heteroatoms. The molecule has 0 aliphatic rings. The number of hydrogen-bond acceptors (Lipinski definition) is 7. The first-order chi connectivity index (χ1) is 11.8. The monoisotopic (exact) mass is 343 g/mol. The second-order valence-corrected chi connectivity index (χ2v) is 5.05. The lowest BCUT2D eigenvalue weighted by molar-refractivity contribution is -0.393. The Morgan fingerprint density at radius 3 is 2.16 bits per heavy atom. The van der Waals surface area contributed by atoms with E-state index in [9.17, 15) is 25.0 Å². The Balaban J connectivity index is 2.40. The highest BCUT2D eigenvalue weighted by atomic mass is 16.7. The van der Waals surface area contributed by atoms with Gasteiger partial charge in [-0.15, -0.1) is 0 Å². The van der Waals surface area contributed by atoms with Gasteiger partial charge in [-0.05, 0) is 24.1 Å². The first kappa shape index (κ1) is 17.7. The van der Waals surface area contributed by atoms with Crippen LogP contribution in [0.5, 0.6) is 0 Å². The SMILES string of the molecule is CC(=O)O/N=C(\C)c1ccc(-c2ccc([N+](=O)[O-])cc2[N+](=O)[O-])cc1. The van der Waals surface area contributed by atoms with Crippen LogP contribution in [0.4, 0.5) is 11.4 Å². The van der Waals surface area contributed by atoms with E-state index >= 15 is 0 Å². The molecular weight excluding hydrogens is 330 g/mol. The van der Waals surface area contributed by atoms with E-state index in [-0.39, 0.29) is 16.9 Å². The molecule has 0 saturated heterocycles. The Morgan fingerprint density at radius 1 is 1.00 bits per heavy atom. The van der Waals surface area contributed by atoms with Crippen molar-refractivity contribution in [1.82, 2.24) is 0 Å². The summed E-state index contributed by atoms with van der Waals surface area (Å²) in [4.78, 5) is 36.0. The molecule has 9 nitrogen and oxygen atoms in total. The number of oxime groups is 1. The van der Waals surface area contributed by atoms with Gasteiger partial charge in [0.2, 0.25) is 0 Å². The standard InChI is InChI=1S/C16H13N3O6/c1-10(17-25-11(2)20)12-3-5-13(6-4-12)15-8-7-14(18(21)22)9-16(15)19(23)24/h3-9H,1-2H3/b17-10+. The van der Waals surface area contributed by atoms with E-state index in [4.69, 9.17) is 0 Å². The zero-order valence-electron chi connectivity index (χ0n) is 13.3. The summed E-state index contributed by atoms with van der Waals surface area (Å²) in [5, 5.41) is 25.7.